The van der Waals surface area contributed by atoms with Crippen molar-refractivity contribution in [1.82, 2.24) is 20.0 Å². The molecule has 2 N–H and O–H groups in total. The standard InChI is InChI=1S/C24H34N4O3/c1-24(2,3)31-23(30)27-10-9-25-20(13-27)18-5-4-6-19-21(16-7-8-16)26-28(22(18)19)17-11-15(12-17)14-29/h4-6,15-17,20,25,29H,7-14H2,1-3H3. The van der Waals surface area contributed by atoms with E-state index in [1.54, 1.807) is 0 Å². The van der Waals surface area contributed by atoms with Gasteiger partial charge in [-0.2, -0.15) is 5.10 Å². The van der Waals surface area contributed by atoms with E-state index in [4.69, 9.17) is 9.84 Å². The number of hydrogen-bond donors (Lipinski definition) is 2. The van der Waals surface area contributed by atoms with Crippen LogP contribution >= 0.6 is 0 Å². The van der Waals surface area contributed by atoms with Gasteiger partial charge < -0.3 is 20.1 Å². The van der Waals surface area contributed by atoms with E-state index in [0.717, 1.165) is 19.4 Å². The fraction of sp³-hybridized carbons (Fsp3) is 0.667. The number of nitrogens with zero attached hydrogens (tertiary/aromatic N) is 3. The first kappa shape index (κ1) is 20.8. The summed E-state index contributed by atoms with van der Waals surface area (Å²) in [6, 6.07) is 6.89. The second-order valence-corrected chi connectivity index (χ2v) is 10.5. The molecule has 1 amide bonds. The van der Waals surface area contributed by atoms with Gasteiger partial charge in [-0.05, 0) is 57.9 Å². The van der Waals surface area contributed by atoms with Gasteiger partial charge in [0.15, 0.2) is 0 Å². The van der Waals surface area contributed by atoms with Gasteiger partial charge in [-0.15, -0.1) is 0 Å². The number of amides is 1. The third-order valence-electron chi connectivity index (χ3n) is 6.77. The third-order valence-corrected chi connectivity index (χ3v) is 6.77. The van der Waals surface area contributed by atoms with E-state index in [9.17, 15) is 9.90 Å². The summed E-state index contributed by atoms with van der Waals surface area (Å²) in [5, 5.41) is 19.5. The molecule has 1 saturated heterocycles. The normalized spacial score (nSPS) is 26.7. The summed E-state index contributed by atoms with van der Waals surface area (Å²) in [5.74, 6) is 0.960. The van der Waals surface area contributed by atoms with Crippen molar-refractivity contribution >= 4 is 17.0 Å². The molecule has 1 aliphatic heterocycles. The van der Waals surface area contributed by atoms with Crippen LogP contribution < -0.4 is 5.32 Å². The van der Waals surface area contributed by atoms with Crippen LogP contribution in [0.3, 0.4) is 0 Å². The lowest BCUT2D eigenvalue weighted by Crippen LogP contribution is -2.49. The molecule has 1 aromatic heterocycles. The molecule has 3 fully saturated rings. The van der Waals surface area contributed by atoms with Crippen LogP contribution in [0.2, 0.25) is 0 Å². The average Bonchev–Trinajstić information content (AvgIpc) is 3.47. The maximum absolute atomic E-state index is 12.7. The fourth-order valence-electron chi connectivity index (χ4n) is 4.95. The smallest absolute Gasteiger partial charge is 0.410 e. The van der Waals surface area contributed by atoms with Crippen molar-refractivity contribution in [3.63, 3.8) is 0 Å². The predicted molar refractivity (Wildman–Crippen MR) is 119 cm³/mol. The summed E-state index contributed by atoms with van der Waals surface area (Å²) >= 11 is 0. The van der Waals surface area contributed by atoms with Crippen LogP contribution in [-0.4, -0.2) is 57.7 Å². The van der Waals surface area contributed by atoms with Crippen LogP contribution in [-0.2, 0) is 4.74 Å². The van der Waals surface area contributed by atoms with Gasteiger partial charge >= 0.3 is 6.09 Å². The molecule has 0 radical (unpaired) electrons. The number of carbonyl (C=O) groups is 1. The van der Waals surface area contributed by atoms with Crippen molar-refractivity contribution in [1.29, 1.82) is 0 Å². The number of piperazine rings is 1. The summed E-state index contributed by atoms with van der Waals surface area (Å²) in [5.41, 5.74) is 3.14. The molecular weight excluding hydrogens is 392 g/mol. The number of rotatable bonds is 4. The first-order valence-electron chi connectivity index (χ1n) is 11.7. The molecule has 168 valence electrons. The molecular formula is C24H34N4O3. The monoisotopic (exact) mass is 426 g/mol. The number of nitrogens with one attached hydrogen (secondary N) is 1. The molecule has 2 aromatic rings. The van der Waals surface area contributed by atoms with E-state index >= 15 is 0 Å². The first-order chi connectivity index (χ1) is 14.8. The van der Waals surface area contributed by atoms with Crippen LogP contribution in [0, 0.1) is 5.92 Å². The molecule has 1 unspecified atom stereocenters. The number of para-hydroxylation sites is 1. The second kappa shape index (κ2) is 7.78. The maximum Gasteiger partial charge on any atom is 0.410 e. The summed E-state index contributed by atoms with van der Waals surface area (Å²) in [7, 11) is 0. The Balaban J connectivity index is 1.47. The number of aromatic nitrogens is 2. The summed E-state index contributed by atoms with van der Waals surface area (Å²) in [6.07, 6.45) is 4.15. The number of aliphatic hydroxyl groups excluding tert-OH is 1. The van der Waals surface area contributed by atoms with Gasteiger partial charge in [0.05, 0.1) is 23.3 Å². The largest absolute Gasteiger partial charge is 0.444 e. The Labute approximate surface area is 183 Å². The van der Waals surface area contributed by atoms with E-state index in [1.807, 2.05) is 25.7 Å². The van der Waals surface area contributed by atoms with Crippen LogP contribution in [0.1, 0.15) is 75.7 Å². The molecule has 1 atom stereocenters. The molecule has 2 saturated carbocycles. The second-order valence-electron chi connectivity index (χ2n) is 10.5. The molecule has 1 aromatic carbocycles. The topological polar surface area (TPSA) is 79.6 Å². The highest BCUT2D eigenvalue weighted by atomic mass is 16.6. The minimum Gasteiger partial charge on any atom is -0.444 e. The lowest BCUT2D eigenvalue weighted by molar-refractivity contribution is 0.0195. The Kier molecular flexibility index (Phi) is 5.21. The Morgan fingerprint density at radius 2 is 2.06 bits per heavy atom. The molecule has 2 heterocycles. The van der Waals surface area contributed by atoms with Crippen molar-refractivity contribution in [3.8, 4) is 0 Å². The maximum atomic E-state index is 12.7. The zero-order valence-electron chi connectivity index (χ0n) is 18.8. The molecule has 0 spiro atoms. The molecule has 5 rings (SSSR count). The lowest BCUT2D eigenvalue weighted by Gasteiger charge is -2.37. The quantitative estimate of drug-likeness (QED) is 0.779. The van der Waals surface area contributed by atoms with Crippen LogP contribution in [0.15, 0.2) is 18.2 Å². The number of carbonyl (C=O) groups excluding carboxylic acids is 1. The van der Waals surface area contributed by atoms with Crippen molar-refractivity contribution < 1.29 is 14.6 Å². The minimum absolute atomic E-state index is 0.0428. The SMILES string of the molecule is CC(C)(C)OC(=O)N1CCNC(c2cccc3c(C4CC4)nn(C4CC(CO)C4)c23)C1. The van der Waals surface area contributed by atoms with Gasteiger partial charge in [-0.1, -0.05) is 18.2 Å². The number of aliphatic hydroxyl groups is 1. The Morgan fingerprint density at radius 1 is 1.29 bits per heavy atom. The summed E-state index contributed by atoms with van der Waals surface area (Å²) in [4.78, 5) is 14.5. The number of hydrogen-bond acceptors (Lipinski definition) is 5. The van der Waals surface area contributed by atoms with Crippen molar-refractivity contribution in [2.45, 2.75) is 70.1 Å². The van der Waals surface area contributed by atoms with Gasteiger partial charge in [0, 0.05) is 37.5 Å². The summed E-state index contributed by atoms with van der Waals surface area (Å²) < 4.78 is 7.86. The van der Waals surface area contributed by atoms with Gasteiger partial charge in [-0.3, -0.25) is 4.68 Å². The van der Waals surface area contributed by atoms with E-state index in [1.165, 1.54) is 35.0 Å². The highest BCUT2D eigenvalue weighted by Crippen LogP contribution is 2.46. The Morgan fingerprint density at radius 3 is 2.74 bits per heavy atom. The Hall–Kier alpha value is -2.12. The number of benzene rings is 1. The zero-order valence-corrected chi connectivity index (χ0v) is 18.8. The van der Waals surface area contributed by atoms with E-state index in [0.29, 0.717) is 31.0 Å². The predicted octanol–water partition coefficient (Wildman–Crippen LogP) is 3.74. The minimum atomic E-state index is -0.497. The lowest BCUT2D eigenvalue weighted by atomic mass is 9.81. The van der Waals surface area contributed by atoms with Gasteiger partial charge in [0.25, 0.3) is 0 Å². The highest BCUT2D eigenvalue weighted by molar-refractivity contribution is 5.86. The van der Waals surface area contributed by atoms with Crippen molar-refractivity contribution in [3.05, 3.63) is 29.5 Å². The van der Waals surface area contributed by atoms with Gasteiger partial charge in [0.1, 0.15) is 5.60 Å². The van der Waals surface area contributed by atoms with E-state index < -0.39 is 5.60 Å². The number of ether oxygens (including phenoxy) is 1. The van der Waals surface area contributed by atoms with Crippen LogP contribution in [0.4, 0.5) is 4.79 Å². The molecule has 3 aliphatic rings. The first-order valence-corrected chi connectivity index (χ1v) is 11.7. The van der Waals surface area contributed by atoms with Crippen LogP contribution in [0.25, 0.3) is 10.9 Å². The van der Waals surface area contributed by atoms with Crippen molar-refractivity contribution in [2.24, 2.45) is 5.92 Å². The highest BCUT2D eigenvalue weighted by Gasteiger charge is 2.37. The van der Waals surface area contributed by atoms with E-state index in [-0.39, 0.29) is 18.7 Å². The summed E-state index contributed by atoms with van der Waals surface area (Å²) in [6.45, 7) is 7.94. The van der Waals surface area contributed by atoms with E-state index in [2.05, 4.69) is 28.2 Å². The molecule has 31 heavy (non-hydrogen) atoms. The van der Waals surface area contributed by atoms with Crippen LogP contribution in [0.5, 0.6) is 0 Å². The Bertz CT molecular complexity index is 969. The third kappa shape index (κ3) is 4.05. The average molecular weight is 427 g/mol. The molecule has 7 nitrogen and oxygen atoms in total. The molecule has 0 bridgehead atoms. The fourth-order valence-corrected chi connectivity index (χ4v) is 4.95. The van der Waals surface area contributed by atoms with Gasteiger partial charge in [0.2, 0.25) is 0 Å². The van der Waals surface area contributed by atoms with Crippen molar-refractivity contribution in [2.75, 3.05) is 26.2 Å². The van der Waals surface area contributed by atoms with Gasteiger partial charge in [-0.25, -0.2) is 4.79 Å². The zero-order chi connectivity index (χ0) is 21.8. The number of fused-ring (bicyclic) bond motifs is 1. The molecule has 2 aliphatic carbocycles. The molecule has 7 heteroatoms.